The predicted octanol–water partition coefficient (Wildman–Crippen LogP) is 3.41. The lowest BCUT2D eigenvalue weighted by atomic mass is 10.0. The van der Waals surface area contributed by atoms with E-state index in [4.69, 9.17) is 4.42 Å². The van der Waals surface area contributed by atoms with E-state index in [9.17, 15) is 0 Å². The minimum Gasteiger partial charge on any atom is -0.450 e. The molecule has 2 aromatic heterocycles. The van der Waals surface area contributed by atoms with Crippen molar-refractivity contribution in [3.63, 3.8) is 0 Å². The van der Waals surface area contributed by atoms with Gasteiger partial charge in [-0.2, -0.15) is 0 Å². The van der Waals surface area contributed by atoms with Crippen molar-refractivity contribution in [3.05, 3.63) is 30.6 Å². The molecule has 1 saturated carbocycles. The summed E-state index contributed by atoms with van der Waals surface area (Å²) in [5.41, 5.74) is 2.54. The number of nitrogens with zero attached hydrogens (tertiary/aromatic N) is 3. The fourth-order valence-electron chi connectivity index (χ4n) is 3.67. The van der Waals surface area contributed by atoms with Gasteiger partial charge in [0.15, 0.2) is 11.4 Å². The molecule has 3 aromatic rings. The number of fused-ring (bicyclic) bond motifs is 3. The molecular weight excluding hydrogens is 288 g/mol. The maximum absolute atomic E-state index is 6.00. The van der Waals surface area contributed by atoms with Crippen molar-refractivity contribution < 1.29 is 4.42 Å². The number of benzene rings is 1. The maximum atomic E-state index is 6.00. The van der Waals surface area contributed by atoms with Gasteiger partial charge in [-0.15, -0.1) is 0 Å². The van der Waals surface area contributed by atoms with Gasteiger partial charge in [-0.1, -0.05) is 12.1 Å². The molecule has 0 radical (unpaired) electrons. The number of hydrogen-bond acceptors (Lipinski definition) is 5. The molecule has 118 valence electrons. The molecule has 1 N–H and O–H groups in total. The Balaban J connectivity index is 1.42. The first-order valence-corrected chi connectivity index (χ1v) is 8.51. The van der Waals surface area contributed by atoms with Crippen LogP contribution in [0.4, 0.5) is 5.82 Å². The average Bonchev–Trinajstić information content (AvgIpc) is 3.37. The quantitative estimate of drug-likeness (QED) is 0.803. The van der Waals surface area contributed by atoms with E-state index < -0.39 is 0 Å². The maximum Gasteiger partial charge on any atom is 0.196 e. The van der Waals surface area contributed by atoms with Crippen LogP contribution in [0.1, 0.15) is 25.7 Å². The van der Waals surface area contributed by atoms with E-state index in [1.54, 1.807) is 6.33 Å². The Morgan fingerprint density at radius 2 is 1.87 bits per heavy atom. The summed E-state index contributed by atoms with van der Waals surface area (Å²) in [6.07, 6.45) is 6.75. The Hall–Kier alpha value is -2.14. The van der Waals surface area contributed by atoms with Crippen LogP contribution in [-0.4, -0.2) is 40.0 Å². The minimum absolute atomic E-state index is 0.469. The van der Waals surface area contributed by atoms with Crippen molar-refractivity contribution in [3.8, 4) is 0 Å². The molecule has 1 saturated heterocycles. The van der Waals surface area contributed by atoms with Gasteiger partial charge in [-0.05, 0) is 37.8 Å². The highest BCUT2D eigenvalue weighted by Gasteiger charge is 2.32. The molecule has 23 heavy (non-hydrogen) atoms. The third-order valence-corrected chi connectivity index (χ3v) is 5.09. The van der Waals surface area contributed by atoms with Gasteiger partial charge in [0.05, 0.1) is 0 Å². The third-order valence-electron chi connectivity index (χ3n) is 5.09. The van der Waals surface area contributed by atoms with E-state index >= 15 is 0 Å². The Bertz CT molecular complexity index is 846. The number of furan rings is 1. The second-order valence-electron chi connectivity index (χ2n) is 6.68. The number of likely N-dealkylation sites (tertiary alicyclic amines) is 1. The lowest BCUT2D eigenvalue weighted by Crippen LogP contribution is -2.40. The molecular formula is C18H20N4O. The minimum atomic E-state index is 0.469. The summed E-state index contributed by atoms with van der Waals surface area (Å²) in [4.78, 5) is 11.5. The Labute approximate surface area is 134 Å². The first kappa shape index (κ1) is 13.3. The second-order valence-corrected chi connectivity index (χ2v) is 6.68. The molecule has 0 unspecified atom stereocenters. The van der Waals surface area contributed by atoms with Gasteiger partial charge in [0.1, 0.15) is 17.4 Å². The molecule has 3 heterocycles. The number of nitrogens with one attached hydrogen (secondary N) is 1. The molecule has 2 aliphatic rings. The smallest absolute Gasteiger partial charge is 0.196 e. The topological polar surface area (TPSA) is 54.2 Å². The van der Waals surface area contributed by atoms with Crippen LogP contribution in [0.2, 0.25) is 0 Å². The third kappa shape index (κ3) is 2.36. The van der Waals surface area contributed by atoms with Crippen LogP contribution in [0.3, 0.4) is 0 Å². The summed E-state index contributed by atoms with van der Waals surface area (Å²) in [5.74, 6) is 0.830. The zero-order valence-electron chi connectivity index (χ0n) is 13.0. The summed E-state index contributed by atoms with van der Waals surface area (Å²) in [6, 6.07) is 9.37. The normalized spacial score (nSPS) is 20.3. The van der Waals surface area contributed by atoms with Gasteiger partial charge in [-0.3, -0.25) is 0 Å². The van der Waals surface area contributed by atoms with Crippen molar-refractivity contribution in [2.45, 2.75) is 37.8 Å². The van der Waals surface area contributed by atoms with Gasteiger partial charge < -0.3 is 14.6 Å². The lowest BCUT2D eigenvalue weighted by Gasteiger charge is -2.32. The highest BCUT2D eigenvalue weighted by atomic mass is 16.3. The van der Waals surface area contributed by atoms with Gasteiger partial charge in [0, 0.05) is 30.6 Å². The van der Waals surface area contributed by atoms with Crippen LogP contribution < -0.4 is 5.32 Å². The number of piperidine rings is 1. The Morgan fingerprint density at radius 1 is 1.04 bits per heavy atom. The second kappa shape index (κ2) is 5.20. The van der Waals surface area contributed by atoms with Crippen LogP contribution in [-0.2, 0) is 0 Å². The largest absolute Gasteiger partial charge is 0.450 e. The molecule has 0 atom stereocenters. The van der Waals surface area contributed by atoms with Crippen LogP contribution in [0, 0.1) is 0 Å². The molecule has 2 fully saturated rings. The van der Waals surface area contributed by atoms with Gasteiger partial charge in [0.2, 0.25) is 0 Å². The highest BCUT2D eigenvalue weighted by molar-refractivity contribution is 6.05. The van der Waals surface area contributed by atoms with E-state index in [0.29, 0.717) is 6.04 Å². The fourth-order valence-corrected chi connectivity index (χ4v) is 3.67. The zero-order chi connectivity index (χ0) is 15.2. The van der Waals surface area contributed by atoms with Crippen LogP contribution in [0.15, 0.2) is 35.0 Å². The number of anilines is 1. The molecule has 1 aromatic carbocycles. The summed E-state index contributed by atoms with van der Waals surface area (Å²) < 4.78 is 6.00. The van der Waals surface area contributed by atoms with Crippen molar-refractivity contribution in [2.24, 2.45) is 0 Å². The van der Waals surface area contributed by atoms with Crippen molar-refractivity contribution >= 4 is 27.9 Å². The van der Waals surface area contributed by atoms with E-state index in [-0.39, 0.29) is 0 Å². The average molecular weight is 308 g/mol. The summed E-state index contributed by atoms with van der Waals surface area (Å²) >= 11 is 0. The van der Waals surface area contributed by atoms with Gasteiger partial charge in [0.25, 0.3) is 0 Å². The van der Waals surface area contributed by atoms with Crippen LogP contribution in [0.5, 0.6) is 0 Å². The zero-order valence-corrected chi connectivity index (χ0v) is 13.0. The summed E-state index contributed by atoms with van der Waals surface area (Å²) in [5, 5.41) is 4.65. The van der Waals surface area contributed by atoms with Gasteiger partial charge >= 0.3 is 0 Å². The molecule has 1 aliphatic heterocycles. The van der Waals surface area contributed by atoms with Crippen molar-refractivity contribution in [1.29, 1.82) is 0 Å². The molecule has 1 aliphatic carbocycles. The Morgan fingerprint density at radius 3 is 2.70 bits per heavy atom. The number of hydrogen-bond donors (Lipinski definition) is 1. The molecule has 0 amide bonds. The van der Waals surface area contributed by atoms with Crippen molar-refractivity contribution in [1.82, 2.24) is 14.9 Å². The summed E-state index contributed by atoms with van der Waals surface area (Å²) in [7, 11) is 0. The monoisotopic (exact) mass is 308 g/mol. The SMILES string of the molecule is c1ccc2c(c1)oc1c(NC3CCN(C4CC4)CC3)ncnc12. The van der Waals surface area contributed by atoms with Crippen molar-refractivity contribution in [2.75, 3.05) is 18.4 Å². The first-order valence-electron chi connectivity index (χ1n) is 8.51. The molecule has 5 heteroatoms. The van der Waals surface area contributed by atoms with E-state index in [1.165, 1.54) is 38.8 Å². The standard InChI is InChI=1S/C18H20N4O/c1-2-4-15-14(3-1)16-17(23-15)18(20-11-19-16)21-12-7-9-22(10-8-12)13-5-6-13/h1-4,11-13H,5-10H2,(H,19,20,21). The van der Waals surface area contributed by atoms with E-state index in [1.807, 2.05) is 24.3 Å². The van der Waals surface area contributed by atoms with Crippen LogP contribution >= 0.6 is 0 Å². The number of rotatable bonds is 3. The summed E-state index contributed by atoms with van der Waals surface area (Å²) in [6.45, 7) is 2.38. The molecule has 5 rings (SSSR count). The number of para-hydroxylation sites is 1. The van der Waals surface area contributed by atoms with Crippen LogP contribution in [0.25, 0.3) is 22.1 Å². The molecule has 0 bridgehead atoms. The number of aromatic nitrogens is 2. The highest BCUT2D eigenvalue weighted by Crippen LogP contribution is 2.32. The van der Waals surface area contributed by atoms with Gasteiger partial charge in [-0.25, -0.2) is 9.97 Å². The first-order chi connectivity index (χ1) is 11.4. The fraction of sp³-hybridized carbons (Fsp3) is 0.444. The molecule has 5 nitrogen and oxygen atoms in total. The molecule has 0 spiro atoms. The van der Waals surface area contributed by atoms with E-state index in [2.05, 4.69) is 20.2 Å². The van der Waals surface area contributed by atoms with E-state index in [0.717, 1.165) is 33.9 Å². The Kier molecular flexibility index (Phi) is 3.01. The predicted molar refractivity (Wildman–Crippen MR) is 90.5 cm³/mol. The lowest BCUT2D eigenvalue weighted by molar-refractivity contribution is 0.210.